The SMILES string of the molecule is C[n+]1ccc(CCSOOO)cc1. The number of nitrogens with zero attached hydrogens (tertiary/aromatic N) is 1. The van der Waals surface area contributed by atoms with Crippen molar-refractivity contribution in [1.82, 2.24) is 0 Å². The smallest absolute Gasteiger partial charge is 0.168 e. The van der Waals surface area contributed by atoms with E-state index in [1.54, 1.807) is 0 Å². The topological polar surface area (TPSA) is 42.6 Å². The van der Waals surface area contributed by atoms with E-state index in [0.29, 0.717) is 0 Å². The molecule has 1 heterocycles. The van der Waals surface area contributed by atoms with E-state index >= 15 is 0 Å². The highest BCUT2D eigenvalue weighted by atomic mass is 32.2. The molecular weight excluding hydrogens is 190 g/mol. The fourth-order valence-corrected chi connectivity index (χ4v) is 1.34. The predicted octanol–water partition coefficient (Wildman–Crippen LogP) is 1.12. The quantitative estimate of drug-likeness (QED) is 0.255. The lowest BCUT2D eigenvalue weighted by Gasteiger charge is -1.97. The summed E-state index contributed by atoms with van der Waals surface area (Å²) in [5.74, 6) is 0.744. The Kier molecular flexibility index (Phi) is 4.77. The van der Waals surface area contributed by atoms with E-state index < -0.39 is 0 Å². The molecule has 1 N–H and O–H groups in total. The van der Waals surface area contributed by atoms with Gasteiger partial charge in [-0.3, -0.25) is 0 Å². The molecule has 0 radical (unpaired) electrons. The molecule has 1 aromatic rings. The lowest BCUT2D eigenvalue weighted by atomic mass is 10.2. The Bertz CT molecular complexity index is 240. The van der Waals surface area contributed by atoms with Gasteiger partial charge in [0.15, 0.2) is 12.4 Å². The van der Waals surface area contributed by atoms with E-state index in [1.165, 1.54) is 5.56 Å². The number of pyridine rings is 1. The van der Waals surface area contributed by atoms with Gasteiger partial charge in [-0.25, -0.2) is 9.82 Å². The first-order chi connectivity index (χ1) is 6.33. The minimum absolute atomic E-state index is 0.744. The Labute approximate surface area is 81.2 Å². The number of hydrogen-bond acceptors (Lipinski definition) is 4. The first-order valence-corrected chi connectivity index (χ1v) is 4.78. The maximum Gasteiger partial charge on any atom is 0.168 e. The second kappa shape index (κ2) is 5.93. The summed E-state index contributed by atoms with van der Waals surface area (Å²) >= 11 is 1.07. The normalized spacial score (nSPS) is 10.3. The van der Waals surface area contributed by atoms with Crippen LogP contribution in [-0.4, -0.2) is 11.0 Å². The molecule has 0 spiro atoms. The molecule has 13 heavy (non-hydrogen) atoms. The molecule has 0 bridgehead atoms. The molecule has 0 aliphatic carbocycles. The van der Waals surface area contributed by atoms with Crippen molar-refractivity contribution in [3.8, 4) is 0 Å². The van der Waals surface area contributed by atoms with Crippen LogP contribution in [0.15, 0.2) is 24.5 Å². The van der Waals surface area contributed by atoms with Crippen LogP contribution in [0.5, 0.6) is 0 Å². The first-order valence-electron chi connectivity index (χ1n) is 3.87. The number of aromatic nitrogens is 1. The first kappa shape index (κ1) is 10.5. The van der Waals surface area contributed by atoms with Crippen LogP contribution in [0.2, 0.25) is 0 Å². The van der Waals surface area contributed by atoms with Crippen LogP contribution in [0.3, 0.4) is 0 Å². The molecule has 1 aromatic heterocycles. The summed E-state index contributed by atoms with van der Waals surface area (Å²) in [4.78, 5) is 0. The van der Waals surface area contributed by atoms with E-state index in [9.17, 15) is 0 Å². The summed E-state index contributed by atoms with van der Waals surface area (Å²) < 4.78 is 6.22. The zero-order valence-corrected chi connectivity index (χ0v) is 8.16. The lowest BCUT2D eigenvalue weighted by molar-refractivity contribution is -0.671. The summed E-state index contributed by atoms with van der Waals surface area (Å²) in [5, 5.41) is 11.3. The Morgan fingerprint density at radius 3 is 2.77 bits per heavy atom. The summed E-state index contributed by atoms with van der Waals surface area (Å²) in [7, 11) is 1.97. The van der Waals surface area contributed by atoms with Gasteiger partial charge in [-0.1, -0.05) is 5.04 Å². The van der Waals surface area contributed by atoms with Crippen molar-refractivity contribution in [2.75, 3.05) is 5.75 Å². The van der Waals surface area contributed by atoms with Crippen LogP contribution >= 0.6 is 12.0 Å². The highest BCUT2D eigenvalue weighted by molar-refractivity contribution is 7.94. The van der Waals surface area contributed by atoms with E-state index in [2.05, 4.69) is 9.37 Å². The van der Waals surface area contributed by atoms with Crippen LogP contribution in [0.4, 0.5) is 0 Å². The van der Waals surface area contributed by atoms with Gasteiger partial charge in [0.25, 0.3) is 0 Å². The fraction of sp³-hybridized carbons (Fsp3) is 0.375. The monoisotopic (exact) mass is 202 g/mol. The van der Waals surface area contributed by atoms with Crippen molar-refractivity contribution in [1.29, 1.82) is 0 Å². The minimum Gasteiger partial charge on any atom is -0.220 e. The third-order valence-electron chi connectivity index (χ3n) is 1.60. The van der Waals surface area contributed by atoms with Crippen molar-refractivity contribution in [2.45, 2.75) is 6.42 Å². The van der Waals surface area contributed by atoms with Gasteiger partial charge in [0, 0.05) is 29.9 Å². The Morgan fingerprint density at radius 2 is 2.15 bits per heavy atom. The molecule has 0 aliphatic heterocycles. The van der Waals surface area contributed by atoms with Gasteiger partial charge in [0.2, 0.25) is 0 Å². The maximum absolute atomic E-state index is 7.85. The van der Waals surface area contributed by atoms with Crippen LogP contribution in [-0.2, 0) is 22.8 Å². The number of rotatable bonds is 5. The van der Waals surface area contributed by atoms with Crippen LogP contribution in [0.1, 0.15) is 5.56 Å². The lowest BCUT2D eigenvalue weighted by Crippen LogP contribution is -2.25. The van der Waals surface area contributed by atoms with Gasteiger partial charge in [0.1, 0.15) is 7.05 Å². The van der Waals surface area contributed by atoms with Gasteiger partial charge < -0.3 is 0 Å². The summed E-state index contributed by atoms with van der Waals surface area (Å²) in [6, 6.07) is 4.08. The largest absolute Gasteiger partial charge is 0.220 e. The highest BCUT2D eigenvalue weighted by Crippen LogP contribution is 2.06. The van der Waals surface area contributed by atoms with E-state index in [1.807, 2.05) is 36.1 Å². The third kappa shape index (κ3) is 4.23. The molecule has 4 nitrogen and oxygen atoms in total. The zero-order valence-electron chi connectivity index (χ0n) is 7.34. The molecule has 1 rings (SSSR count). The van der Waals surface area contributed by atoms with Crippen molar-refractivity contribution >= 4 is 12.0 Å². The second-order valence-corrected chi connectivity index (χ2v) is 3.37. The Morgan fingerprint density at radius 1 is 1.46 bits per heavy atom. The zero-order chi connectivity index (χ0) is 9.52. The fourth-order valence-electron chi connectivity index (χ4n) is 0.914. The molecule has 0 saturated carbocycles. The maximum atomic E-state index is 7.85. The second-order valence-electron chi connectivity index (χ2n) is 2.59. The van der Waals surface area contributed by atoms with E-state index in [4.69, 9.17) is 5.26 Å². The average Bonchev–Trinajstić information content (AvgIpc) is 2.15. The summed E-state index contributed by atoms with van der Waals surface area (Å²) in [5.41, 5.74) is 1.23. The third-order valence-corrected chi connectivity index (χ3v) is 2.13. The van der Waals surface area contributed by atoms with Gasteiger partial charge in [-0.2, -0.15) is 0 Å². The van der Waals surface area contributed by atoms with Crippen molar-refractivity contribution < 1.29 is 19.2 Å². The van der Waals surface area contributed by atoms with Gasteiger partial charge >= 0.3 is 0 Å². The van der Waals surface area contributed by atoms with Crippen molar-refractivity contribution in [3.63, 3.8) is 0 Å². The molecule has 0 fully saturated rings. The minimum atomic E-state index is 0.744. The highest BCUT2D eigenvalue weighted by Gasteiger charge is 1.96. The van der Waals surface area contributed by atoms with Gasteiger partial charge in [-0.15, -0.1) is 4.33 Å². The molecular formula is C8H12NO3S+. The van der Waals surface area contributed by atoms with Crippen molar-refractivity contribution in [2.24, 2.45) is 7.05 Å². The average molecular weight is 202 g/mol. The van der Waals surface area contributed by atoms with E-state index in [-0.39, 0.29) is 0 Å². The molecule has 0 saturated heterocycles. The number of aryl methyl sites for hydroxylation is 2. The molecule has 5 heteroatoms. The molecule has 0 unspecified atom stereocenters. The van der Waals surface area contributed by atoms with Gasteiger partial charge in [0.05, 0.1) is 0 Å². The molecule has 0 aromatic carbocycles. The van der Waals surface area contributed by atoms with E-state index in [0.717, 1.165) is 24.2 Å². The van der Waals surface area contributed by atoms with Gasteiger partial charge in [-0.05, 0) is 12.0 Å². The summed E-state index contributed by atoms with van der Waals surface area (Å²) in [6.45, 7) is 0. The Hall–Kier alpha value is -0.620. The summed E-state index contributed by atoms with van der Waals surface area (Å²) in [6.07, 6.45) is 4.86. The molecule has 0 amide bonds. The molecule has 0 atom stereocenters. The molecule has 0 aliphatic rings. The van der Waals surface area contributed by atoms with Crippen LogP contribution in [0, 0.1) is 0 Å². The van der Waals surface area contributed by atoms with Crippen LogP contribution in [0.25, 0.3) is 0 Å². The van der Waals surface area contributed by atoms with Crippen molar-refractivity contribution in [3.05, 3.63) is 30.1 Å². The van der Waals surface area contributed by atoms with Crippen LogP contribution < -0.4 is 4.57 Å². The standard InChI is InChI=1S/C8H11NO3S/c1-9-5-2-8(3-6-9)4-7-13-12-11-10/h2-3,5-6H,4,7H2,1H3/p+1. The number of hydrogen-bond donors (Lipinski definition) is 1. The Balaban J connectivity index is 2.25. The predicted molar refractivity (Wildman–Crippen MR) is 48.6 cm³/mol. The molecule has 72 valence electrons.